The summed E-state index contributed by atoms with van der Waals surface area (Å²) in [5.41, 5.74) is 10.9. The van der Waals surface area contributed by atoms with Crippen molar-refractivity contribution >= 4 is 23.5 Å². The van der Waals surface area contributed by atoms with E-state index >= 15 is 0 Å². The summed E-state index contributed by atoms with van der Waals surface area (Å²) in [6.07, 6.45) is -4.57. The summed E-state index contributed by atoms with van der Waals surface area (Å²) >= 11 is 0. The van der Waals surface area contributed by atoms with Crippen LogP contribution in [0.2, 0.25) is 0 Å². The van der Waals surface area contributed by atoms with Crippen LogP contribution in [0.25, 0.3) is 0 Å². The first kappa shape index (κ1) is 22.1. The largest absolute Gasteiger partial charge is 0.416 e. The maximum absolute atomic E-state index is 13.8. The Kier molecular flexibility index (Phi) is 6.07. The van der Waals surface area contributed by atoms with Crippen molar-refractivity contribution in [2.24, 2.45) is 0 Å². The number of hydrogen-bond donors (Lipinski definition) is 3. The minimum Gasteiger partial charge on any atom is -0.383 e. The number of nitrogens with one attached hydrogen (secondary N) is 1. The minimum atomic E-state index is -4.57. The number of morpholine rings is 1. The molecular weight excluding hydrogens is 427 g/mol. The first-order valence-corrected chi connectivity index (χ1v) is 10.2. The molecule has 0 bridgehead atoms. The number of nitrogens with zero attached hydrogens (tertiary/aromatic N) is 4. The summed E-state index contributed by atoms with van der Waals surface area (Å²) < 4.78 is 46.7. The fraction of sp³-hybridized carbons (Fsp3) is 0.450. The van der Waals surface area contributed by atoms with Crippen LogP contribution in [0.3, 0.4) is 0 Å². The van der Waals surface area contributed by atoms with Gasteiger partial charge in [-0.25, -0.2) is 0 Å². The predicted molar refractivity (Wildman–Crippen MR) is 112 cm³/mol. The molecule has 1 aromatic heterocycles. The first-order chi connectivity index (χ1) is 15.2. The fourth-order valence-corrected chi connectivity index (χ4v) is 3.99. The van der Waals surface area contributed by atoms with Gasteiger partial charge in [-0.3, -0.25) is 4.79 Å². The van der Waals surface area contributed by atoms with Crippen LogP contribution in [0.15, 0.2) is 24.3 Å². The molecule has 2 aliphatic heterocycles. The van der Waals surface area contributed by atoms with Gasteiger partial charge < -0.3 is 31.3 Å². The quantitative estimate of drug-likeness (QED) is 0.638. The summed E-state index contributed by atoms with van der Waals surface area (Å²) in [5.74, 6) is 0.295. The molecule has 12 heteroatoms. The van der Waals surface area contributed by atoms with Crippen LogP contribution in [0.5, 0.6) is 0 Å². The number of ether oxygens (including phenoxy) is 1. The van der Waals surface area contributed by atoms with Gasteiger partial charge in [0, 0.05) is 44.4 Å². The van der Waals surface area contributed by atoms with Gasteiger partial charge in [0.15, 0.2) is 0 Å². The van der Waals surface area contributed by atoms with E-state index in [1.165, 1.54) is 18.2 Å². The highest BCUT2D eigenvalue weighted by Crippen LogP contribution is 2.36. The average Bonchev–Trinajstić information content (AvgIpc) is 2.77. The Bertz CT molecular complexity index is 975. The number of anilines is 3. The third kappa shape index (κ3) is 4.70. The van der Waals surface area contributed by atoms with E-state index < -0.39 is 17.8 Å². The molecule has 0 spiro atoms. The number of carbonyl (C=O) groups is 1. The number of piperazine rings is 1. The van der Waals surface area contributed by atoms with E-state index in [4.69, 9.17) is 16.2 Å². The Labute approximate surface area is 182 Å². The standard InChI is InChI=1S/C20H24F3N7O2/c21-20(22,23)14-2-1-12(18(31)29-5-7-32-8-6-29)9-13(14)15-11-30(4-3-26-15)17-10-16(24)27-19(25)28-17/h1-2,9-10,15,26H,3-8,11H2,(H4,24,25,27,28)/t15-/m0/s1. The summed E-state index contributed by atoms with van der Waals surface area (Å²) in [7, 11) is 0. The number of rotatable bonds is 3. The molecule has 0 unspecified atom stereocenters. The maximum Gasteiger partial charge on any atom is 0.416 e. The van der Waals surface area contributed by atoms with Crippen LogP contribution >= 0.6 is 0 Å². The topological polar surface area (TPSA) is 123 Å². The van der Waals surface area contributed by atoms with Gasteiger partial charge in [0.2, 0.25) is 5.95 Å². The zero-order chi connectivity index (χ0) is 22.9. The molecule has 1 amide bonds. The number of alkyl halides is 3. The minimum absolute atomic E-state index is 0.0100. The number of aromatic nitrogens is 2. The molecule has 9 nitrogen and oxygen atoms in total. The maximum atomic E-state index is 13.8. The number of amides is 1. The normalized spacial score (nSPS) is 19.8. The van der Waals surface area contributed by atoms with Crippen molar-refractivity contribution in [1.29, 1.82) is 0 Å². The summed E-state index contributed by atoms with van der Waals surface area (Å²) in [4.78, 5) is 24.2. The number of nitrogen functional groups attached to an aromatic ring is 2. The van der Waals surface area contributed by atoms with Crippen molar-refractivity contribution < 1.29 is 22.7 Å². The molecule has 2 aromatic rings. The Balaban J connectivity index is 1.66. The van der Waals surface area contributed by atoms with Gasteiger partial charge in [0.1, 0.15) is 11.6 Å². The molecule has 3 heterocycles. The van der Waals surface area contributed by atoms with Crippen molar-refractivity contribution in [3.05, 3.63) is 41.0 Å². The van der Waals surface area contributed by atoms with E-state index in [1.807, 2.05) is 0 Å². The third-order valence-electron chi connectivity index (χ3n) is 5.53. The lowest BCUT2D eigenvalue weighted by atomic mass is 9.95. The van der Waals surface area contributed by atoms with Gasteiger partial charge in [-0.05, 0) is 23.8 Å². The molecule has 0 saturated carbocycles. The first-order valence-electron chi connectivity index (χ1n) is 10.2. The smallest absolute Gasteiger partial charge is 0.383 e. The fourth-order valence-electron chi connectivity index (χ4n) is 3.99. The zero-order valence-corrected chi connectivity index (χ0v) is 17.2. The number of halogens is 3. The molecule has 1 aromatic carbocycles. The van der Waals surface area contributed by atoms with Crippen molar-refractivity contribution in [2.75, 3.05) is 62.3 Å². The van der Waals surface area contributed by atoms with E-state index in [0.717, 1.165) is 6.07 Å². The van der Waals surface area contributed by atoms with Crippen molar-refractivity contribution in [2.45, 2.75) is 12.2 Å². The average molecular weight is 451 g/mol. The summed E-state index contributed by atoms with van der Waals surface area (Å²) in [6, 6.07) is 4.39. The number of carbonyl (C=O) groups excluding carboxylic acids is 1. The Hall–Kier alpha value is -3.12. The Morgan fingerprint density at radius 2 is 1.88 bits per heavy atom. The molecule has 2 saturated heterocycles. The van der Waals surface area contributed by atoms with Gasteiger partial charge in [0.05, 0.1) is 24.8 Å². The van der Waals surface area contributed by atoms with Gasteiger partial charge >= 0.3 is 6.18 Å². The summed E-state index contributed by atoms with van der Waals surface area (Å²) in [5, 5.41) is 3.13. The zero-order valence-electron chi connectivity index (χ0n) is 17.2. The van der Waals surface area contributed by atoms with Crippen LogP contribution < -0.4 is 21.7 Å². The van der Waals surface area contributed by atoms with Gasteiger partial charge in [-0.1, -0.05) is 0 Å². The number of benzene rings is 1. The molecule has 0 radical (unpaired) electrons. The second-order valence-corrected chi connectivity index (χ2v) is 7.67. The second kappa shape index (κ2) is 8.79. The number of nitrogens with two attached hydrogens (primary N) is 2. The van der Waals surface area contributed by atoms with E-state index in [9.17, 15) is 18.0 Å². The highest BCUT2D eigenvalue weighted by molar-refractivity contribution is 5.94. The molecule has 5 N–H and O–H groups in total. The predicted octanol–water partition coefficient (Wildman–Crippen LogP) is 1.28. The Morgan fingerprint density at radius 3 is 2.56 bits per heavy atom. The van der Waals surface area contributed by atoms with Crippen molar-refractivity contribution in [3.63, 3.8) is 0 Å². The SMILES string of the molecule is Nc1cc(N2CCN[C@H](c3cc(C(=O)N4CCOCC4)ccc3C(F)(F)F)C2)nc(N)n1. The number of hydrogen-bond acceptors (Lipinski definition) is 8. The Morgan fingerprint density at radius 1 is 1.12 bits per heavy atom. The van der Waals surface area contributed by atoms with E-state index in [0.29, 0.717) is 45.2 Å². The third-order valence-corrected chi connectivity index (χ3v) is 5.53. The van der Waals surface area contributed by atoms with Gasteiger partial charge in [-0.2, -0.15) is 23.1 Å². The van der Waals surface area contributed by atoms with Gasteiger partial charge in [0.25, 0.3) is 5.91 Å². The molecule has 4 rings (SSSR count). The van der Waals surface area contributed by atoms with Crippen molar-refractivity contribution in [3.8, 4) is 0 Å². The molecule has 32 heavy (non-hydrogen) atoms. The highest BCUT2D eigenvalue weighted by atomic mass is 19.4. The molecule has 172 valence electrons. The van der Waals surface area contributed by atoms with E-state index in [1.54, 1.807) is 9.80 Å². The lowest BCUT2D eigenvalue weighted by Gasteiger charge is -2.36. The van der Waals surface area contributed by atoms with Crippen LogP contribution in [0.1, 0.15) is 27.5 Å². The molecule has 2 fully saturated rings. The lowest BCUT2D eigenvalue weighted by Crippen LogP contribution is -2.47. The molecular formula is C20H24F3N7O2. The van der Waals surface area contributed by atoms with Crippen LogP contribution in [-0.4, -0.2) is 66.7 Å². The molecule has 1 atom stereocenters. The van der Waals surface area contributed by atoms with Crippen LogP contribution in [-0.2, 0) is 10.9 Å². The van der Waals surface area contributed by atoms with Crippen LogP contribution in [0.4, 0.5) is 30.8 Å². The van der Waals surface area contributed by atoms with Gasteiger partial charge in [-0.15, -0.1) is 0 Å². The summed E-state index contributed by atoms with van der Waals surface area (Å²) in [6.45, 7) is 2.72. The molecule has 0 aliphatic carbocycles. The monoisotopic (exact) mass is 451 g/mol. The van der Waals surface area contributed by atoms with E-state index in [2.05, 4.69) is 15.3 Å². The van der Waals surface area contributed by atoms with Crippen LogP contribution in [0, 0.1) is 0 Å². The van der Waals surface area contributed by atoms with Crippen molar-refractivity contribution in [1.82, 2.24) is 20.2 Å². The lowest BCUT2D eigenvalue weighted by molar-refractivity contribution is -0.138. The highest BCUT2D eigenvalue weighted by Gasteiger charge is 2.37. The molecule has 2 aliphatic rings. The van der Waals surface area contributed by atoms with E-state index in [-0.39, 0.29) is 35.3 Å². The second-order valence-electron chi connectivity index (χ2n) is 7.67.